The third kappa shape index (κ3) is 5.33. The van der Waals surface area contributed by atoms with E-state index in [-0.39, 0.29) is 17.6 Å². The molecule has 11 heteroatoms. The Morgan fingerprint density at radius 1 is 1.43 bits per heavy atom. The third-order valence-electron chi connectivity index (χ3n) is 5.96. The Bertz CT molecular complexity index is 1200. The van der Waals surface area contributed by atoms with Crippen molar-refractivity contribution in [3.63, 3.8) is 0 Å². The first kappa shape index (κ1) is 24.3. The molecule has 0 spiro atoms. The second-order valence-corrected chi connectivity index (χ2v) is 8.72. The summed E-state index contributed by atoms with van der Waals surface area (Å²) >= 11 is 5.21. The smallest absolute Gasteiger partial charge is 0.328 e. The number of thiocarbonyl (C=S) groups is 1. The van der Waals surface area contributed by atoms with E-state index in [4.69, 9.17) is 21.7 Å². The number of nitriles is 1. The molecule has 2 amide bonds. The lowest BCUT2D eigenvalue weighted by molar-refractivity contribution is 0.111. The molecule has 1 N–H and O–H groups in total. The van der Waals surface area contributed by atoms with Gasteiger partial charge in [0.25, 0.3) is 5.17 Å². The van der Waals surface area contributed by atoms with E-state index in [1.54, 1.807) is 6.07 Å². The molecule has 0 radical (unpaired) electrons. The predicted molar refractivity (Wildman–Crippen MR) is 133 cm³/mol. The van der Waals surface area contributed by atoms with Crippen LogP contribution in [0.5, 0.6) is 5.75 Å². The Hall–Kier alpha value is -3.78. The van der Waals surface area contributed by atoms with E-state index in [9.17, 15) is 14.9 Å². The number of nitrogens with zero attached hydrogens (tertiary/aromatic N) is 5. The summed E-state index contributed by atoms with van der Waals surface area (Å²) in [6, 6.07) is 5.09. The lowest BCUT2D eigenvalue weighted by atomic mass is 10.0. The number of carbonyl (C=O) groups is 2. The topological polar surface area (TPSA) is 121 Å². The van der Waals surface area contributed by atoms with E-state index in [0.29, 0.717) is 54.8 Å². The molecular formula is C24H26N6O4S. The first-order valence-electron chi connectivity index (χ1n) is 11.5. The highest BCUT2D eigenvalue weighted by molar-refractivity contribution is 7.80. The summed E-state index contributed by atoms with van der Waals surface area (Å²) in [6.07, 6.45) is 4.23. The first-order chi connectivity index (χ1) is 16.9. The molecule has 4 heterocycles. The molecule has 2 aromatic rings. The van der Waals surface area contributed by atoms with E-state index in [0.717, 1.165) is 30.4 Å². The zero-order valence-electron chi connectivity index (χ0n) is 19.6. The molecular weight excluding hydrogens is 468 g/mol. The average Bonchev–Trinajstić information content (AvgIpc) is 3.27. The molecule has 182 valence electrons. The Labute approximate surface area is 208 Å². The minimum atomic E-state index is -0.427. The van der Waals surface area contributed by atoms with Gasteiger partial charge in [-0.05, 0) is 50.0 Å². The van der Waals surface area contributed by atoms with Crippen molar-refractivity contribution in [2.45, 2.75) is 45.8 Å². The maximum Gasteiger partial charge on any atom is 0.328 e. The lowest BCUT2D eigenvalue weighted by Crippen LogP contribution is -2.40. The van der Waals surface area contributed by atoms with Gasteiger partial charge in [-0.25, -0.2) is 14.8 Å². The summed E-state index contributed by atoms with van der Waals surface area (Å²) in [5, 5.41) is 12.5. The monoisotopic (exact) mass is 494 g/mol. The molecule has 2 aromatic heterocycles. The zero-order chi connectivity index (χ0) is 24.9. The number of urea groups is 1. The number of pyridine rings is 2. The molecule has 0 bridgehead atoms. The number of anilines is 2. The molecule has 1 fully saturated rings. The van der Waals surface area contributed by atoms with Crippen LogP contribution in [0.2, 0.25) is 0 Å². The fourth-order valence-corrected chi connectivity index (χ4v) is 4.16. The number of rotatable bonds is 7. The van der Waals surface area contributed by atoms with Gasteiger partial charge in [0, 0.05) is 24.7 Å². The normalized spacial score (nSPS) is 15.6. The Kier molecular flexibility index (Phi) is 7.41. The van der Waals surface area contributed by atoms with Gasteiger partial charge in [-0.15, -0.1) is 0 Å². The van der Waals surface area contributed by atoms with Crippen molar-refractivity contribution < 1.29 is 19.1 Å². The van der Waals surface area contributed by atoms with Crippen molar-refractivity contribution in [1.82, 2.24) is 14.9 Å². The number of hydrogen-bond donors (Lipinski definition) is 1. The molecule has 35 heavy (non-hydrogen) atoms. The van der Waals surface area contributed by atoms with E-state index in [1.807, 2.05) is 24.8 Å². The van der Waals surface area contributed by atoms with Crippen molar-refractivity contribution in [2.75, 3.05) is 29.9 Å². The SMILES string of the molecule is CC[C@@H](C)Oc1cc(NC(=O)N2CCCc3cc(CN4CCOC4=S)c(C=O)nc32)ncc1C#N. The number of ether oxygens (including phenoxy) is 2. The lowest BCUT2D eigenvalue weighted by Gasteiger charge is -2.29. The maximum absolute atomic E-state index is 13.2. The summed E-state index contributed by atoms with van der Waals surface area (Å²) < 4.78 is 11.1. The van der Waals surface area contributed by atoms with Crippen LogP contribution in [0.4, 0.5) is 16.4 Å². The maximum atomic E-state index is 13.2. The molecule has 2 aliphatic heterocycles. The molecule has 0 saturated carbocycles. The van der Waals surface area contributed by atoms with Crippen LogP contribution in [0.3, 0.4) is 0 Å². The van der Waals surface area contributed by atoms with Crippen LogP contribution < -0.4 is 15.0 Å². The molecule has 0 aromatic carbocycles. The van der Waals surface area contributed by atoms with Gasteiger partial charge in [0.1, 0.15) is 41.3 Å². The fourth-order valence-electron chi connectivity index (χ4n) is 3.92. The zero-order valence-corrected chi connectivity index (χ0v) is 20.4. The number of carbonyl (C=O) groups excluding carboxylic acids is 2. The summed E-state index contributed by atoms with van der Waals surface area (Å²) in [7, 11) is 0. The van der Waals surface area contributed by atoms with Gasteiger partial charge in [-0.3, -0.25) is 15.0 Å². The fraction of sp³-hybridized carbons (Fsp3) is 0.417. The molecule has 0 aliphatic carbocycles. The average molecular weight is 495 g/mol. The quantitative estimate of drug-likeness (QED) is 0.456. The number of aryl methyl sites for hydroxylation is 1. The minimum absolute atomic E-state index is 0.0938. The van der Waals surface area contributed by atoms with Crippen molar-refractivity contribution in [3.05, 3.63) is 40.7 Å². The van der Waals surface area contributed by atoms with Crippen LogP contribution in [0.1, 0.15) is 53.9 Å². The van der Waals surface area contributed by atoms with Gasteiger partial charge < -0.3 is 14.4 Å². The summed E-state index contributed by atoms with van der Waals surface area (Å²) in [5.74, 6) is 1.07. The highest BCUT2D eigenvalue weighted by Crippen LogP contribution is 2.29. The van der Waals surface area contributed by atoms with Crippen molar-refractivity contribution in [3.8, 4) is 11.8 Å². The molecule has 4 rings (SSSR count). The van der Waals surface area contributed by atoms with Gasteiger partial charge in [-0.1, -0.05) is 6.92 Å². The molecule has 1 saturated heterocycles. The van der Waals surface area contributed by atoms with Crippen LogP contribution in [0, 0.1) is 11.3 Å². The van der Waals surface area contributed by atoms with Crippen LogP contribution in [-0.4, -0.2) is 58.2 Å². The van der Waals surface area contributed by atoms with Crippen LogP contribution in [0.25, 0.3) is 0 Å². The largest absolute Gasteiger partial charge is 0.489 e. The number of fused-ring (bicyclic) bond motifs is 1. The van der Waals surface area contributed by atoms with Crippen molar-refractivity contribution in [2.24, 2.45) is 0 Å². The molecule has 0 unspecified atom stereocenters. The second-order valence-electron chi connectivity index (χ2n) is 8.37. The van der Waals surface area contributed by atoms with Gasteiger partial charge >= 0.3 is 6.03 Å². The summed E-state index contributed by atoms with van der Waals surface area (Å²) in [4.78, 5) is 37.1. The van der Waals surface area contributed by atoms with Gasteiger partial charge in [-0.2, -0.15) is 5.26 Å². The minimum Gasteiger partial charge on any atom is -0.489 e. The predicted octanol–water partition coefficient (Wildman–Crippen LogP) is 3.44. The highest BCUT2D eigenvalue weighted by Gasteiger charge is 2.28. The number of aldehydes is 1. The highest BCUT2D eigenvalue weighted by atomic mass is 32.1. The number of nitrogens with one attached hydrogen (secondary N) is 1. The van der Waals surface area contributed by atoms with Gasteiger partial charge in [0.2, 0.25) is 0 Å². The van der Waals surface area contributed by atoms with Gasteiger partial charge in [0.05, 0.1) is 18.8 Å². The van der Waals surface area contributed by atoms with Crippen LogP contribution in [0.15, 0.2) is 18.3 Å². The van der Waals surface area contributed by atoms with E-state index >= 15 is 0 Å². The van der Waals surface area contributed by atoms with E-state index in [2.05, 4.69) is 21.4 Å². The molecule has 2 aliphatic rings. The van der Waals surface area contributed by atoms with E-state index < -0.39 is 6.03 Å². The van der Waals surface area contributed by atoms with Crippen LogP contribution in [-0.2, 0) is 17.7 Å². The number of amides is 2. The van der Waals surface area contributed by atoms with Crippen molar-refractivity contribution in [1.29, 1.82) is 5.26 Å². The second kappa shape index (κ2) is 10.7. The molecule has 1 atom stereocenters. The number of hydrogen-bond acceptors (Lipinski definition) is 8. The summed E-state index contributed by atoms with van der Waals surface area (Å²) in [6.45, 7) is 5.93. The third-order valence-corrected chi connectivity index (χ3v) is 6.34. The van der Waals surface area contributed by atoms with Crippen molar-refractivity contribution >= 4 is 41.3 Å². The van der Waals surface area contributed by atoms with E-state index in [1.165, 1.54) is 11.1 Å². The standard InChI is InChI=1S/C24H26N6O4S/c1-3-15(2)34-20-10-21(26-12-18(20)11-25)28-23(32)30-6-4-5-16-9-17(19(14-31)27-22(16)30)13-29-7-8-33-24(29)35/h9-10,12,14-15H,3-8,13H2,1-2H3,(H,26,28,32)/t15-/m1/s1. The van der Waals surface area contributed by atoms with Gasteiger partial charge in [0.15, 0.2) is 6.29 Å². The first-order valence-corrected chi connectivity index (χ1v) is 11.9. The number of aromatic nitrogens is 2. The molecule has 10 nitrogen and oxygen atoms in total. The van der Waals surface area contributed by atoms with Crippen LogP contribution >= 0.6 is 12.2 Å². The Balaban J connectivity index is 1.56. The Morgan fingerprint density at radius 3 is 2.94 bits per heavy atom. The summed E-state index contributed by atoms with van der Waals surface area (Å²) in [5.41, 5.74) is 2.18. The Morgan fingerprint density at radius 2 is 2.26 bits per heavy atom.